The number of hydrogen-bond donors (Lipinski definition) is 11. The predicted molar refractivity (Wildman–Crippen MR) is 140 cm³/mol. The molecule has 16 nitrogen and oxygen atoms in total. The predicted octanol–water partition coefficient (Wildman–Crippen LogP) is -2.38. The minimum atomic E-state index is -1.95. The van der Waals surface area contributed by atoms with Crippen molar-refractivity contribution in [3.05, 3.63) is 46.1 Å². The molecule has 5 rings (SSSR count). The number of rotatable bonds is 6. The van der Waals surface area contributed by atoms with Crippen LogP contribution in [-0.2, 0) is 14.2 Å². The lowest BCUT2D eigenvalue weighted by Gasteiger charge is -2.46. The molecule has 16 heteroatoms. The number of benzene rings is 2. The first-order valence-electron chi connectivity index (χ1n) is 13.0. The van der Waals surface area contributed by atoms with Crippen LogP contribution in [0.1, 0.15) is 11.7 Å². The van der Waals surface area contributed by atoms with Crippen LogP contribution >= 0.6 is 0 Å². The van der Waals surface area contributed by atoms with Gasteiger partial charge in [-0.1, -0.05) is 0 Å². The standard InChI is InChI=1S/C27H30O16/c28-6-15-20(35)23(38)26(43-27-24(39)22(37)19(34)16(7-29)42-27)25(41-15)18-12(33)5-14-17(21(18)36)11(32)4-13(40-14)8-1-2-9(30)10(31)3-8/h1-5,15-16,19-20,22-31,33-39H,6-7H2/t15-,16-,19-,20-,22+,23+,24+,25+,26-,27+/m1/s1. The van der Waals surface area contributed by atoms with Gasteiger partial charge in [-0.15, -0.1) is 0 Å². The summed E-state index contributed by atoms with van der Waals surface area (Å²) in [5, 5.41) is 113. The van der Waals surface area contributed by atoms with Crippen LogP contribution in [0.2, 0.25) is 0 Å². The summed E-state index contributed by atoms with van der Waals surface area (Å²) < 4.78 is 22.3. The van der Waals surface area contributed by atoms with Gasteiger partial charge in [0.2, 0.25) is 0 Å². The molecule has 0 unspecified atom stereocenters. The molecule has 11 N–H and O–H groups in total. The van der Waals surface area contributed by atoms with E-state index in [0.29, 0.717) is 0 Å². The van der Waals surface area contributed by atoms with Gasteiger partial charge in [0.15, 0.2) is 23.2 Å². The van der Waals surface area contributed by atoms with E-state index in [-0.39, 0.29) is 16.9 Å². The van der Waals surface area contributed by atoms with E-state index in [1.165, 1.54) is 6.07 Å². The van der Waals surface area contributed by atoms with Crippen molar-refractivity contribution < 1.29 is 74.8 Å². The number of phenols is 4. The molecule has 2 aromatic carbocycles. The van der Waals surface area contributed by atoms with Crippen LogP contribution in [0.4, 0.5) is 0 Å². The largest absolute Gasteiger partial charge is 0.507 e. The van der Waals surface area contributed by atoms with Gasteiger partial charge in [0, 0.05) is 17.7 Å². The first kappa shape index (κ1) is 30.9. The van der Waals surface area contributed by atoms with Gasteiger partial charge in [0.25, 0.3) is 0 Å². The summed E-state index contributed by atoms with van der Waals surface area (Å²) in [4.78, 5) is 13.2. The van der Waals surface area contributed by atoms with E-state index in [1.807, 2.05) is 0 Å². The molecule has 0 aliphatic carbocycles. The normalized spacial score (nSPS) is 33.1. The number of aliphatic hydroxyl groups excluding tert-OH is 7. The highest BCUT2D eigenvalue weighted by Crippen LogP contribution is 2.46. The van der Waals surface area contributed by atoms with E-state index >= 15 is 0 Å². The van der Waals surface area contributed by atoms with Gasteiger partial charge in [-0.2, -0.15) is 0 Å². The van der Waals surface area contributed by atoms with Crippen LogP contribution in [0, 0.1) is 0 Å². The van der Waals surface area contributed by atoms with Gasteiger partial charge < -0.3 is 74.8 Å². The van der Waals surface area contributed by atoms with Crippen molar-refractivity contribution in [2.75, 3.05) is 13.2 Å². The van der Waals surface area contributed by atoms with Crippen molar-refractivity contribution in [2.24, 2.45) is 0 Å². The first-order chi connectivity index (χ1) is 20.4. The number of fused-ring (bicyclic) bond motifs is 1. The Bertz CT molecular complexity index is 1540. The molecule has 0 spiro atoms. The number of phenolic OH excluding ortho intramolecular Hbond substituents is 4. The molecule has 2 aliphatic heterocycles. The highest BCUT2D eigenvalue weighted by molar-refractivity contribution is 5.88. The summed E-state index contributed by atoms with van der Waals surface area (Å²) in [6.07, 6.45) is -17.6. The quantitative estimate of drug-likeness (QED) is 0.130. The average molecular weight is 611 g/mol. The second kappa shape index (κ2) is 11.9. The van der Waals surface area contributed by atoms with Crippen LogP contribution in [0.5, 0.6) is 23.0 Å². The van der Waals surface area contributed by atoms with Gasteiger partial charge in [-0.3, -0.25) is 4.79 Å². The lowest BCUT2D eigenvalue weighted by molar-refractivity contribution is -0.342. The Hall–Kier alpha value is -3.55. The molecule has 3 heterocycles. The number of hydrogen-bond acceptors (Lipinski definition) is 16. The van der Waals surface area contributed by atoms with Crippen molar-refractivity contribution in [3.8, 4) is 34.3 Å². The van der Waals surface area contributed by atoms with E-state index in [2.05, 4.69) is 0 Å². The van der Waals surface area contributed by atoms with Gasteiger partial charge in [-0.05, 0) is 18.2 Å². The van der Waals surface area contributed by atoms with E-state index in [0.717, 1.165) is 24.3 Å². The Morgan fingerprint density at radius 3 is 2.02 bits per heavy atom. The Balaban J connectivity index is 1.59. The molecule has 0 saturated carbocycles. The maximum atomic E-state index is 13.2. The van der Waals surface area contributed by atoms with Gasteiger partial charge in [-0.25, -0.2) is 0 Å². The maximum absolute atomic E-state index is 13.2. The molecule has 1 aromatic heterocycles. The summed E-state index contributed by atoms with van der Waals surface area (Å²) in [7, 11) is 0. The Kier molecular flexibility index (Phi) is 8.52. The third-order valence-corrected chi connectivity index (χ3v) is 7.56. The van der Waals surface area contributed by atoms with Crippen molar-refractivity contribution in [1.29, 1.82) is 0 Å². The molecule has 0 amide bonds. The summed E-state index contributed by atoms with van der Waals surface area (Å²) in [5.41, 5.74) is -1.53. The van der Waals surface area contributed by atoms with Crippen LogP contribution in [0.15, 0.2) is 39.5 Å². The molecular weight excluding hydrogens is 580 g/mol. The Morgan fingerprint density at radius 2 is 1.37 bits per heavy atom. The minimum Gasteiger partial charge on any atom is -0.507 e. The van der Waals surface area contributed by atoms with Crippen molar-refractivity contribution in [2.45, 2.75) is 61.2 Å². The zero-order chi connectivity index (χ0) is 31.3. The first-order valence-corrected chi connectivity index (χ1v) is 13.0. The molecule has 2 aliphatic rings. The second-order valence-corrected chi connectivity index (χ2v) is 10.3. The lowest BCUT2D eigenvalue weighted by Crippen LogP contribution is -2.62. The highest BCUT2D eigenvalue weighted by atomic mass is 16.7. The third kappa shape index (κ3) is 5.38. The SMILES string of the molecule is O=c1cc(-c2ccc(O)c(O)c2)oc2cc(O)c([C@@H]3O[C@H](CO)[C@@H](O)[C@H](O)[C@H]3O[C@@H]3O[C@H](CO)[C@@H](O)[C@H](O)[C@@H]3O)c(O)c12. The zero-order valence-electron chi connectivity index (χ0n) is 22.0. The fourth-order valence-corrected chi connectivity index (χ4v) is 5.21. The van der Waals surface area contributed by atoms with Crippen LogP contribution < -0.4 is 5.43 Å². The summed E-state index contributed by atoms with van der Waals surface area (Å²) in [6.45, 7) is -1.65. The third-order valence-electron chi connectivity index (χ3n) is 7.56. The van der Waals surface area contributed by atoms with Crippen LogP contribution in [0.25, 0.3) is 22.3 Å². The molecule has 10 atom stereocenters. The second-order valence-electron chi connectivity index (χ2n) is 10.3. The topological polar surface area (TPSA) is 280 Å². The van der Waals surface area contributed by atoms with E-state index < -0.39 is 114 Å². The van der Waals surface area contributed by atoms with Crippen LogP contribution in [-0.4, -0.2) is 125 Å². The zero-order valence-corrected chi connectivity index (χ0v) is 22.0. The Labute approximate surface area is 241 Å². The van der Waals surface area contributed by atoms with Crippen LogP contribution in [0.3, 0.4) is 0 Å². The van der Waals surface area contributed by atoms with Crippen molar-refractivity contribution >= 4 is 11.0 Å². The van der Waals surface area contributed by atoms with Crippen molar-refractivity contribution in [3.63, 3.8) is 0 Å². The molecular formula is C27H30O16. The molecule has 43 heavy (non-hydrogen) atoms. The molecule has 0 radical (unpaired) electrons. The van der Waals surface area contributed by atoms with Gasteiger partial charge >= 0.3 is 0 Å². The lowest BCUT2D eigenvalue weighted by atomic mass is 9.89. The highest BCUT2D eigenvalue weighted by Gasteiger charge is 2.52. The molecule has 2 fully saturated rings. The fourth-order valence-electron chi connectivity index (χ4n) is 5.21. The minimum absolute atomic E-state index is 0.101. The van der Waals surface area contributed by atoms with E-state index in [4.69, 9.17) is 18.6 Å². The number of aliphatic hydroxyl groups is 7. The molecule has 2 saturated heterocycles. The fraction of sp³-hybridized carbons (Fsp3) is 0.444. The van der Waals surface area contributed by atoms with E-state index in [9.17, 15) is 61.0 Å². The molecule has 0 bridgehead atoms. The number of aromatic hydroxyl groups is 4. The summed E-state index contributed by atoms with van der Waals surface area (Å²) in [5.74, 6) is -2.67. The molecule has 234 valence electrons. The summed E-state index contributed by atoms with van der Waals surface area (Å²) in [6, 6.07) is 5.51. The number of ether oxygens (including phenoxy) is 3. The smallest absolute Gasteiger partial charge is 0.197 e. The Morgan fingerprint density at radius 1 is 0.721 bits per heavy atom. The molecule has 3 aromatic rings. The monoisotopic (exact) mass is 610 g/mol. The van der Waals surface area contributed by atoms with Crippen molar-refractivity contribution in [1.82, 2.24) is 0 Å². The van der Waals surface area contributed by atoms with E-state index in [1.54, 1.807) is 0 Å². The van der Waals surface area contributed by atoms with Gasteiger partial charge in [0.1, 0.15) is 83.2 Å². The maximum Gasteiger partial charge on any atom is 0.197 e. The summed E-state index contributed by atoms with van der Waals surface area (Å²) >= 11 is 0. The average Bonchev–Trinajstić information content (AvgIpc) is 2.97. The van der Waals surface area contributed by atoms with Gasteiger partial charge in [0.05, 0.1) is 18.8 Å².